The lowest BCUT2D eigenvalue weighted by molar-refractivity contribution is 0.921. The van der Waals surface area contributed by atoms with Crippen LogP contribution in [0.25, 0.3) is 10.8 Å². The Bertz CT molecular complexity index is 1010. The SMILES string of the molecule is Cc1ccc(C(C)c2ccc(Nc3cccc4ccccc34)cc2)cc1. The Morgan fingerprint density at radius 2 is 1.27 bits per heavy atom. The molecule has 0 aliphatic heterocycles. The van der Waals surface area contributed by atoms with E-state index in [1.807, 2.05) is 0 Å². The molecule has 0 fully saturated rings. The summed E-state index contributed by atoms with van der Waals surface area (Å²) in [5, 5.41) is 6.05. The number of rotatable bonds is 4. The van der Waals surface area contributed by atoms with Gasteiger partial charge in [-0.2, -0.15) is 0 Å². The van der Waals surface area contributed by atoms with Crippen LogP contribution < -0.4 is 5.32 Å². The van der Waals surface area contributed by atoms with Gasteiger partial charge in [0.15, 0.2) is 0 Å². The summed E-state index contributed by atoms with van der Waals surface area (Å²) >= 11 is 0. The molecule has 1 nitrogen and oxygen atoms in total. The normalized spacial score (nSPS) is 12.1. The molecule has 26 heavy (non-hydrogen) atoms. The van der Waals surface area contributed by atoms with Crippen molar-refractivity contribution in [3.63, 3.8) is 0 Å². The molecule has 0 saturated heterocycles. The highest BCUT2D eigenvalue weighted by molar-refractivity contribution is 5.95. The van der Waals surface area contributed by atoms with Crippen LogP contribution in [0, 0.1) is 6.92 Å². The lowest BCUT2D eigenvalue weighted by Crippen LogP contribution is -1.97. The van der Waals surface area contributed by atoms with Crippen molar-refractivity contribution in [2.75, 3.05) is 5.32 Å². The van der Waals surface area contributed by atoms with Crippen molar-refractivity contribution >= 4 is 22.1 Å². The first kappa shape index (κ1) is 16.4. The molecule has 1 atom stereocenters. The maximum atomic E-state index is 3.56. The van der Waals surface area contributed by atoms with Crippen molar-refractivity contribution < 1.29 is 0 Å². The van der Waals surface area contributed by atoms with Gasteiger partial charge in [0.05, 0.1) is 0 Å². The maximum absolute atomic E-state index is 3.56. The van der Waals surface area contributed by atoms with Crippen LogP contribution in [0.3, 0.4) is 0 Å². The van der Waals surface area contributed by atoms with E-state index in [2.05, 4.69) is 110 Å². The quantitative estimate of drug-likeness (QED) is 0.421. The molecule has 1 heteroatoms. The molecule has 4 aromatic rings. The Labute approximate surface area is 155 Å². The first-order valence-electron chi connectivity index (χ1n) is 9.12. The first-order chi connectivity index (χ1) is 12.7. The standard InChI is InChI=1S/C25H23N/c1-18-10-12-20(13-11-18)19(2)21-14-16-23(17-15-21)26-25-9-5-7-22-6-3-4-8-24(22)25/h3-17,19,26H,1-2H3. The van der Waals surface area contributed by atoms with Crippen LogP contribution in [-0.2, 0) is 0 Å². The van der Waals surface area contributed by atoms with Crippen LogP contribution in [0.5, 0.6) is 0 Å². The van der Waals surface area contributed by atoms with Crippen molar-refractivity contribution in [2.24, 2.45) is 0 Å². The minimum absolute atomic E-state index is 0.391. The van der Waals surface area contributed by atoms with Crippen molar-refractivity contribution in [1.82, 2.24) is 0 Å². The molecule has 1 N–H and O–H groups in total. The summed E-state index contributed by atoms with van der Waals surface area (Å²) < 4.78 is 0. The third-order valence-electron chi connectivity index (χ3n) is 5.06. The van der Waals surface area contributed by atoms with E-state index in [4.69, 9.17) is 0 Å². The van der Waals surface area contributed by atoms with E-state index in [-0.39, 0.29) is 0 Å². The maximum Gasteiger partial charge on any atom is 0.0463 e. The smallest absolute Gasteiger partial charge is 0.0463 e. The zero-order valence-corrected chi connectivity index (χ0v) is 15.2. The molecule has 4 aromatic carbocycles. The summed E-state index contributed by atoms with van der Waals surface area (Å²) in [4.78, 5) is 0. The van der Waals surface area contributed by atoms with Gasteiger partial charge < -0.3 is 5.32 Å². The highest BCUT2D eigenvalue weighted by Crippen LogP contribution is 2.29. The number of nitrogens with one attached hydrogen (secondary N) is 1. The number of hydrogen-bond acceptors (Lipinski definition) is 1. The largest absolute Gasteiger partial charge is 0.355 e. The fourth-order valence-electron chi connectivity index (χ4n) is 3.39. The monoisotopic (exact) mass is 337 g/mol. The second kappa shape index (κ2) is 7.05. The highest BCUT2D eigenvalue weighted by atomic mass is 14.9. The average molecular weight is 337 g/mol. The highest BCUT2D eigenvalue weighted by Gasteiger charge is 2.08. The lowest BCUT2D eigenvalue weighted by Gasteiger charge is -2.15. The zero-order chi connectivity index (χ0) is 17.9. The van der Waals surface area contributed by atoms with Gasteiger partial charge in [0.25, 0.3) is 0 Å². The molecule has 4 rings (SSSR count). The minimum atomic E-state index is 0.391. The van der Waals surface area contributed by atoms with Gasteiger partial charge >= 0.3 is 0 Å². The fourth-order valence-corrected chi connectivity index (χ4v) is 3.39. The Kier molecular flexibility index (Phi) is 4.45. The third-order valence-corrected chi connectivity index (χ3v) is 5.06. The molecule has 0 heterocycles. The molecule has 0 aromatic heterocycles. The molecule has 0 aliphatic rings. The summed E-state index contributed by atoms with van der Waals surface area (Å²) in [5.41, 5.74) is 6.24. The fraction of sp³-hybridized carbons (Fsp3) is 0.120. The van der Waals surface area contributed by atoms with Gasteiger partial charge in [-0.3, -0.25) is 0 Å². The predicted molar refractivity (Wildman–Crippen MR) is 112 cm³/mol. The van der Waals surface area contributed by atoms with Crippen LogP contribution in [-0.4, -0.2) is 0 Å². The van der Waals surface area contributed by atoms with E-state index in [9.17, 15) is 0 Å². The zero-order valence-electron chi connectivity index (χ0n) is 15.2. The van der Waals surface area contributed by atoms with Crippen LogP contribution in [0.4, 0.5) is 11.4 Å². The van der Waals surface area contributed by atoms with Crippen LogP contribution in [0.15, 0.2) is 91.0 Å². The van der Waals surface area contributed by atoms with Gasteiger partial charge in [-0.05, 0) is 41.6 Å². The molecule has 0 saturated carbocycles. The first-order valence-corrected chi connectivity index (χ1v) is 9.12. The number of aryl methyl sites for hydroxylation is 1. The van der Waals surface area contributed by atoms with Crippen LogP contribution in [0.2, 0.25) is 0 Å². The van der Waals surface area contributed by atoms with Gasteiger partial charge in [0.1, 0.15) is 0 Å². The molecule has 1 unspecified atom stereocenters. The summed E-state index contributed by atoms with van der Waals surface area (Å²) in [6, 6.07) is 32.4. The van der Waals surface area contributed by atoms with Crippen molar-refractivity contribution in [3.8, 4) is 0 Å². The summed E-state index contributed by atoms with van der Waals surface area (Å²) in [7, 11) is 0. The Hall–Kier alpha value is -3.06. The third kappa shape index (κ3) is 3.34. The second-order valence-electron chi connectivity index (χ2n) is 6.91. The van der Waals surface area contributed by atoms with E-state index in [0.717, 1.165) is 11.4 Å². The van der Waals surface area contributed by atoms with E-state index < -0.39 is 0 Å². The van der Waals surface area contributed by atoms with Crippen molar-refractivity contribution in [3.05, 3.63) is 108 Å². The van der Waals surface area contributed by atoms with E-state index in [0.29, 0.717) is 5.92 Å². The van der Waals surface area contributed by atoms with Crippen LogP contribution in [0.1, 0.15) is 29.5 Å². The van der Waals surface area contributed by atoms with Gasteiger partial charge in [-0.15, -0.1) is 0 Å². The topological polar surface area (TPSA) is 12.0 Å². The van der Waals surface area contributed by atoms with Gasteiger partial charge in [-0.1, -0.05) is 85.3 Å². The number of benzene rings is 4. The van der Waals surface area contributed by atoms with Crippen LogP contribution >= 0.6 is 0 Å². The summed E-state index contributed by atoms with van der Waals surface area (Å²) in [5.74, 6) is 0.391. The molecule has 0 spiro atoms. The molecule has 128 valence electrons. The number of fused-ring (bicyclic) bond motifs is 1. The molecule has 0 bridgehead atoms. The lowest BCUT2D eigenvalue weighted by atomic mass is 9.92. The molecular formula is C25H23N. The molecule has 0 aliphatic carbocycles. The number of hydrogen-bond donors (Lipinski definition) is 1. The predicted octanol–water partition coefficient (Wildman–Crippen LogP) is 7.04. The Morgan fingerprint density at radius 1 is 0.654 bits per heavy atom. The van der Waals surface area contributed by atoms with Gasteiger partial charge in [-0.25, -0.2) is 0 Å². The minimum Gasteiger partial charge on any atom is -0.355 e. The number of anilines is 2. The molecular weight excluding hydrogens is 314 g/mol. The average Bonchev–Trinajstić information content (AvgIpc) is 2.69. The van der Waals surface area contributed by atoms with E-state index in [1.54, 1.807) is 0 Å². The Balaban J connectivity index is 1.57. The molecule has 0 amide bonds. The van der Waals surface area contributed by atoms with Crippen molar-refractivity contribution in [1.29, 1.82) is 0 Å². The van der Waals surface area contributed by atoms with Gasteiger partial charge in [0.2, 0.25) is 0 Å². The second-order valence-corrected chi connectivity index (χ2v) is 6.91. The Morgan fingerprint density at radius 3 is 2.00 bits per heavy atom. The van der Waals surface area contributed by atoms with E-state index in [1.165, 1.54) is 27.5 Å². The molecule has 0 radical (unpaired) electrons. The van der Waals surface area contributed by atoms with Crippen molar-refractivity contribution in [2.45, 2.75) is 19.8 Å². The van der Waals surface area contributed by atoms with Gasteiger partial charge in [0, 0.05) is 22.7 Å². The summed E-state index contributed by atoms with van der Waals surface area (Å²) in [6.07, 6.45) is 0. The van der Waals surface area contributed by atoms with E-state index >= 15 is 0 Å². The summed E-state index contributed by atoms with van der Waals surface area (Å²) in [6.45, 7) is 4.39.